The molecule has 5 nitrogen and oxygen atoms in total. The van der Waals surface area contributed by atoms with Gasteiger partial charge in [0, 0.05) is 43.8 Å². The highest BCUT2D eigenvalue weighted by Gasteiger charge is 2.24. The second kappa shape index (κ2) is 6.09. The minimum absolute atomic E-state index is 0.0908. The van der Waals surface area contributed by atoms with Crippen molar-refractivity contribution in [3.63, 3.8) is 0 Å². The van der Waals surface area contributed by atoms with E-state index in [1.165, 1.54) is 21.6 Å². The lowest BCUT2D eigenvalue weighted by Gasteiger charge is -2.12. The van der Waals surface area contributed by atoms with Crippen LogP contribution < -0.4 is 5.32 Å². The quantitative estimate of drug-likeness (QED) is 0.604. The first-order valence-corrected chi connectivity index (χ1v) is 8.33. The van der Waals surface area contributed by atoms with Crippen LogP contribution in [0.15, 0.2) is 48.5 Å². The Kier molecular flexibility index (Phi) is 3.76. The van der Waals surface area contributed by atoms with Crippen molar-refractivity contribution < 1.29 is 4.79 Å². The summed E-state index contributed by atoms with van der Waals surface area (Å²) in [7, 11) is 3.46. The van der Waals surface area contributed by atoms with Gasteiger partial charge in [-0.15, -0.1) is 0 Å². The summed E-state index contributed by atoms with van der Waals surface area (Å²) >= 11 is 0. The van der Waals surface area contributed by atoms with Crippen molar-refractivity contribution in [2.45, 2.75) is 13.0 Å². The van der Waals surface area contributed by atoms with Crippen LogP contribution in [0, 0.1) is 0 Å². The molecule has 0 spiro atoms. The molecule has 0 atom stereocenters. The van der Waals surface area contributed by atoms with E-state index in [0.717, 1.165) is 28.9 Å². The minimum Gasteiger partial charge on any atom is -0.334 e. The standard InChI is InChI=1S/C20H20N4O/c1-24(2)20(25)21-12-13-7-9-14(10-8-13)18-17-11-15-5-3-4-6-16(15)19(17)23-22-18/h3-10H,11-12H2,1-2H3,(H,21,25)(H,22,23). The first kappa shape index (κ1) is 15.4. The highest BCUT2D eigenvalue weighted by atomic mass is 16.2. The monoisotopic (exact) mass is 332 g/mol. The van der Waals surface area contributed by atoms with Crippen molar-refractivity contribution in [1.82, 2.24) is 20.4 Å². The van der Waals surface area contributed by atoms with E-state index >= 15 is 0 Å². The highest BCUT2D eigenvalue weighted by molar-refractivity contribution is 5.81. The van der Waals surface area contributed by atoms with Crippen molar-refractivity contribution in [2.75, 3.05) is 14.1 Å². The second-order valence-electron chi connectivity index (χ2n) is 6.51. The number of hydrogen-bond acceptors (Lipinski definition) is 2. The third-order valence-electron chi connectivity index (χ3n) is 4.60. The number of aromatic amines is 1. The maximum atomic E-state index is 11.6. The van der Waals surface area contributed by atoms with Gasteiger partial charge in [0.1, 0.15) is 0 Å². The molecule has 4 rings (SSSR count). The van der Waals surface area contributed by atoms with Crippen LogP contribution in [-0.4, -0.2) is 35.2 Å². The van der Waals surface area contributed by atoms with Crippen molar-refractivity contribution in [2.24, 2.45) is 0 Å². The molecule has 5 heteroatoms. The van der Waals surface area contributed by atoms with E-state index in [1.807, 2.05) is 12.1 Å². The number of nitrogens with zero attached hydrogens (tertiary/aromatic N) is 2. The number of rotatable bonds is 3. The summed E-state index contributed by atoms with van der Waals surface area (Å²) in [6, 6.07) is 16.6. The molecule has 0 saturated heterocycles. The van der Waals surface area contributed by atoms with E-state index in [2.05, 4.69) is 51.9 Å². The number of fused-ring (bicyclic) bond motifs is 3. The van der Waals surface area contributed by atoms with Gasteiger partial charge in [0.25, 0.3) is 0 Å². The molecular weight excluding hydrogens is 312 g/mol. The second-order valence-corrected chi connectivity index (χ2v) is 6.51. The molecule has 2 aromatic carbocycles. The Morgan fingerprint density at radius 1 is 1.16 bits per heavy atom. The van der Waals surface area contributed by atoms with Crippen molar-refractivity contribution >= 4 is 6.03 Å². The smallest absolute Gasteiger partial charge is 0.317 e. The van der Waals surface area contributed by atoms with Crippen molar-refractivity contribution in [3.8, 4) is 22.5 Å². The molecule has 1 aliphatic rings. The van der Waals surface area contributed by atoms with Gasteiger partial charge in [-0.2, -0.15) is 5.10 Å². The zero-order chi connectivity index (χ0) is 17.4. The lowest BCUT2D eigenvalue weighted by atomic mass is 10.0. The van der Waals surface area contributed by atoms with Gasteiger partial charge in [0.15, 0.2) is 0 Å². The fraction of sp³-hybridized carbons (Fsp3) is 0.200. The largest absolute Gasteiger partial charge is 0.334 e. The Hall–Kier alpha value is -3.08. The Morgan fingerprint density at radius 2 is 1.92 bits per heavy atom. The number of aromatic nitrogens is 2. The highest BCUT2D eigenvalue weighted by Crippen LogP contribution is 2.39. The number of nitrogens with one attached hydrogen (secondary N) is 2. The SMILES string of the molecule is CN(C)C(=O)NCc1ccc(-c2n[nH]c3c2Cc2ccccc2-3)cc1. The number of amides is 2. The predicted octanol–water partition coefficient (Wildman–Crippen LogP) is 3.42. The molecule has 1 heterocycles. The molecule has 1 aliphatic carbocycles. The summed E-state index contributed by atoms with van der Waals surface area (Å²) in [5.41, 5.74) is 8.15. The summed E-state index contributed by atoms with van der Waals surface area (Å²) in [4.78, 5) is 13.1. The van der Waals surface area contributed by atoms with Crippen LogP contribution in [0.1, 0.15) is 16.7 Å². The summed E-state index contributed by atoms with van der Waals surface area (Å²) in [6.07, 6.45) is 0.915. The Labute approximate surface area is 146 Å². The number of carbonyl (C=O) groups is 1. The number of hydrogen-bond donors (Lipinski definition) is 2. The summed E-state index contributed by atoms with van der Waals surface area (Å²) in [6.45, 7) is 0.515. The fourth-order valence-electron chi connectivity index (χ4n) is 3.22. The third-order valence-corrected chi connectivity index (χ3v) is 4.60. The molecule has 0 fully saturated rings. The van der Waals surface area contributed by atoms with Gasteiger partial charge < -0.3 is 10.2 Å². The first-order chi connectivity index (χ1) is 12.1. The van der Waals surface area contributed by atoms with E-state index in [4.69, 9.17) is 0 Å². The molecule has 0 saturated carbocycles. The molecule has 0 bridgehead atoms. The predicted molar refractivity (Wildman–Crippen MR) is 98.2 cm³/mol. The normalized spacial score (nSPS) is 11.8. The van der Waals surface area contributed by atoms with E-state index in [0.29, 0.717) is 6.54 Å². The van der Waals surface area contributed by atoms with Crippen molar-refractivity contribution in [3.05, 3.63) is 65.2 Å². The molecule has 2 N–H and O–H groups in total. The van der Waals surface area contributed by atoms with Crippen LogP contribution in [0.5, 0.6) is 0 Å². The Balaban J connectivity index is 1.54. The number of H-pyrrole nitrogens is 1. The fourth-order valence-corrected chi connectivity index (χ4v) is 3.22. The maximum absolute atomic E-state index is 11.6. The molecule has 0 radical (unpaired) electrons. The molecule has 126 valence electrons. The van der Waals surface area contributed by atoms with Gasteiger partial charge in [-0.1, -0.05) is 48.5 Å². The Bertz CT molecular complexity index is 925. The van der Waals surface area contributed by atoms with E-state index < -0.39 is 0 Å². The molecule has 3 aromatic rings. The number of carbonyl (C=O) groups excluding carboxylic acids is 1. The van der Waals surface area contributed by atoms with Crippen LogP contribution in [0.25, 0.3) is 22.5 Å². The minimum atomic E-state index is -0.0908. The topological polar surface area (TPSA) is 61.0 Å². The molecular formula is C20H20N4O. The Morgan fingerprint density at radius 3 is 2.68 bits per heavy atom. The number of urea groups is 1. The molecule has 25 heavy (non-hydrogen) atoms. The number of benzene rings is 2. The third kappa shape index (κ3) is 2.78. The van der Waals surface area contributed by atoms with Crippen LogP contribution in [0.3, 0.4) is 0 Å². The lowest BCUT2D eigenvalue weighted by Crippen LogP contribution is -2.33. The van der Waals surface area contributed by atoms with Crippen LogP contribution in [-0.2, 0) is 13.0 Å². The van der Waals surface area contributed by atoms with E-state index in [-0.39, 0.29) is 6.03 Å². The molecule has 1 aromatic heterocycles. The zero-order valence-electron chi connectivity index (χ0n) is 14.3. The summed E-state index contributed by atoms with van der Waals surface area (Å²) < 4.78 is 0. The van der Waals surface area contributed by atoms with Crippen molar-refractivity contribution in [1.29, 1.82) is 0 Å². The van der Waals surface area contributed by atoms with Gasteiger partial charge in [0.05, 0.1) is 11.4 Å². The zero-order valence-corrected chi connectivity index (χ0v) is 14.3. The van der Waals surface area contributed by atoms with Crippen LogP contribution in [0.4, 0.5) is 4.79 Å². The summed E-state index contributed by atoms with van der Waals surface area (Å²) in [5.74, 6) is 0. The average Bonchev–Trinajstić information content (AvgIpc) is 3.19. The van der Waals surface area contributed by atoms with Gasteiger partial charge in [-0.05, 0) is 11.1 Å². The van der Waals surface area contributed by atoms with Gasteiger partial charge in [0.2, 0.25) is 0 Å². The average molecular weight is 332 g/mol. The van der Waals surface area contributed by atoms with Crippen LogP contribution in [0.2, 0.25) is 0 Å². The van der Waals surface area contributed by atoms with E-state index in [9.17, 15) is 4.79 Å². The van der Waals surface area contributed by atoms with Gasteiger partial charge in [-0.25, -0.2) is 4.79 Å². The summed E-state index contributed by atoms with van der Waals surface area (Å²) in [5, 5.41) is 10.6. The lowest BCUT2D eigenvalue weighted by molar-refractivity contribution is 0.217. The molecule has 0 aliphatic heterocycles. The first-order valence-electron chi connectivity index (χ1n) is 8.33. The van der Waals surface area contributed by atoms with E-state index in [1.54, 1.807) is 14.1 Å². The van der Waals surface area contributed by atoms with Crippen LogP contribution >= 0.6 is 0 Å². The molecule has 2 amide bonds. The maximum Gasteiger partial charge on any atom is 0.317 e. The molecule has 0 unspecified atom stereocenters. The van der Waals surface area contributed by atoms with Gasteiger partial charge in [-0.3, -0.25) is 5.10 Å². The van der Waals surface area contributed by atoms with Gasteiger partial charge >= 0.3 is 6.03 Å².